The summed E-state index contributed by atoms with van der Waals surface area (Å²) in [5.41, 5.74) is 1.33. The van der Waals surface area contributed by atoms with Gasteiger partial charge in [0, 0.05) is 5.92 Å². The predicted molar refractivity (Wildman–Crippen MR) is 129 cm³/mol. The summed E-state index contributed by atoms with van der Waals surface area (Å²) in [6.45, 7) is 19.6. The van der Waals surface area contributed by atoms with E-state index >= 15 is 0 Å². The molecule has 1 saturated heterocycles. The fourth-order valence-electron chi connectivity index (χ4n) is 4.44. The Hall–Kier alpha value is -1.46. The maximum absolute atomic E-state index is 12.6. The van der Waals surface area contributed by atoms with Crippen LogP contribution in [0.3, 0.4) is 0 Å². The zero-order chi connectivity index (χ0) is 23.7. The first-order valence-corrected chi connectivity index (χ1v) is 14.4. The van der Waals surface area contributed by atoms with Crippen molar-refractivity contribution in [1.82, 2.24) is 0 Å². The molecule has 0 amide bonds. The molecule has 0 N–H and O–H groups in total. The number of ketones is 1. The number of fused-ring (bicyclic) bond motifs is 1. The van der Waals surface area contributed by atoms with Gasteiger partial charge in [-0.1, -0.05) is 45.4 Å². The second-order valence-electron chi connectivity index (χ2n) is 11.4. The third-order valence-corrected chi connectivity index (χ3v) is 12.0. The van der Waals surface area contributed by atoms with Crippen LogP contribution in [0, 0.1) is 11.3 Å². The van der Waals surface area contributed by atoms with Gasteiger partial charge >= 0.3 is 5.97 Å². The fourth-order valence-corrected chi connectivity index (χ4v) is 5.39. The van der Waals surface area contributed by atoms with E-state index in [1.165, 1.54) is 12.5 Å². The van der Waals surface area contributed by atoms with Crippen LogP contribution in [-0.4, -0.2) is 32.3 Å². The Kier molecular flexibility index (Phi) is 7.64. The van der Waals surface area contributed by atoms with E-state index in [9.17, 15) is 9.59 Å². The van der Waals surface area contributed by atoms with Crippen LogP contribution in [0.4, 0.5) is 0 Å². The van der Waals surface area contributed by atoms with Gasteiger partial charge in [-0.2, -0.15) is 0 Å². The Labute approximate surface area is 190 Å². The molecule has 0 aromatic rings. The molecule has 3 atom stereocenters. The molecule has 2 rings (SSSR count). The highest BCUT2D eigenvalue weighted by Crippen LogP contribution is 2.56. The first kappa shape index (κ1) is 25.8. The lowest BCUT2D eigenvalue weighted by Crippen LogP contribution is -2.50. The quantitative estimate of drug-likeness (QED) is 0.184. The number of rotatable bonds is 8. The summed E-state index contributed by atoms with van der Waals surface area (Å²) in [7, 11) is -1.98. The zero-order valence-corrected chi connectivity index (χ0v) is 22.1. The van der Waals surface area contributed by atoms with Crippen LogP contribution in [0.15, 0.2) is 35.5 Å². The van der Waals surface area contributed by atoms with Crippen molar-refractivity contribution in [3.05, 3.63) is 35.5 Å². The normalized spacial score (nSPS) is 28.9. The molecule has 2 aliphatic rings. The summed E-state index contributed by atoms with van der Waals surface area (Å²) in [6.07, 6.45) is 11.1. The van der Waals surface area contributed by atoms with Crippen LogP contribution in [0.5, 0.6) is 0 Å². The van der Waals surface area contributed by atoms with Crippen LogP contribution >= 0.6 is 0 Å². The number of hydrogen-bond donors (Lipinski definition) is 0. The highest BCUT2D eigenvalue weighted by molar-refractivity contribution is 6.74. The Balaban J connectivity index is 2.45. The van der Waals surface area contributed by atoms with Gasteiger partial charge in [-0.05, 0) is 81.3 Å². The molecule has 0 unspecified atom stereocenters. The molecule has 0 aromatic heterocycles. The second kappa shape index (κ2) is 9.19. The molecule has 31 heavy (non-hydrogen) atoms. The van der Waals surface area contributed by atoms with E-state index in [0.29, 0.717) is 13.0 Å². The van der Waals surface area contributed by atoms with Crippen molar-refractivity contribution in [3.63, 3.8) is 0 Å². The van der Waals surface area contributed by atoms with Crippen LogP contribution < -0.4 is 0 Å². The molecule has 0 bridgehead atoms. The first-order valence-electron chi connectivity index (χ1n) is 11.5. The lowest BCUT2D eigenvalue weighted by Gasteiger charge is -2.48. The molecule has 0 aromatic carbocycles. The van der Waals surface area contributed by atoms with Crippen molar-refractivity contribution in [1.29, 1.82) is 0 Å². The lowest BCUT2D eigenvalue weighted by atomic mass is 9.59. The van der Waals surface area contributed by atoms with Crippen LogP contribution in [0.25, 0.3) is 0 Å². The molecule has 0 spiro atoms. The molecule has 1 aliphatic carbocycles. The fraction of sp³-hybridized carbons (Fsp3) is 0.692. The minimum atomic E-state index is -1.98. The summed E-state index contributed by atoms with van der Waals surface area (Å²) < 4.78 is 12.6. The highest BCUT2D eigenvalue weighted by atomic mass is 28.4. The first-order chi connectivity index (χ1) is 14.1. The van der Waals surface area contributed by atoms with Crippen molar-refractivity contribution < 1.29 is 18.8 Å². The van der Waals surface area contributed by atoms with Crippen molar-refractivity contribution in [2.24, 2.45) is 11.3 Å². The highest BCUT2D eigenvalue weighted by Gasteiger charge is 2.59. The van der Waals surface area contributed by atoms with Crippen molar-refractivity contribution in [2.75, 3.05) is 6.61 Å². The Morgan fingerprint density at radius 3 is 2.48 bits per heavy atom. The average Bonchev–Trinajstić information content (AvgIpc) is 2.97. The molecule has 1 aliphatic heterocycles. The topological polar surface area (TPSA) is 52.6 Å². The van der Waals surface area contributed by atoms with Crippen LogP contribution in [0.1, 0.15) is 74.1 Å². The summed E-state index contributed by atoms with van der Waals surface area (Å²) in [4.78, 5) is 24.5. The van der Waals surface area contributed by atoms with Gasteiger partial charge in [0.15, 0.2) is 19.7 Å². The van der Waals surface area contributed by atoms with Gasteiger partial charge in [0.25, 0.3) is 0 Å². The van der Waals surface area contributed by atoms with Gasteiger partial charge in [-0.25, -0.2) is 0 Å². The molecule has 1 fully saturated rings. The van der Waals surface area contributed by atoms with Gasteiger partial charge in [-0.3, -0.25) is 9.59 Å². The number of esters is 1. The largest absolute Gasteiger partial charge is 0.450 e. The van der Waals surface area contributed by atoms with Crippen LogP contribution in [-0.2, 0) is 18.8 Å². The monoisotopic (exact) mass is 446 g/mol. The molecular formula is C26H42O4Si. The van der Waals surface area contributed by atoms with E-state index in [0.717, 1.165) is 24.8 Å². The third-order valence-electron chi connectivity index (χ3n) is 7.56. The Morgan fingerprint density at radius 2 is 1.94 bits per heavy atom. The van der Waals surface area contributed by atoms with Crippen LogP contribution in [0.2, 0.25) is 18.1 Å². The van der Waals surface area contributed by atoms with E-state index in [4.69, 9.17) is 9.16 Å². The van der Waals surface area contributed by atoms with Gasteiger partial charge in [0.2, 0.25) is 0 Å². The molecule has 5 heteroatoms. The van der Waals surface area contributed by atoms with E-state index < -0.39 is 13.9 Å². The number of carbonyl (C=O) groups is 2. The molecule has 1 heterocycles. The summed E-state index contributed by atoms with van der Waals surface area (Å²) in [6, 6.07) is 0. The van der Waals surface area contributed by atoms with Gasteiger partial charge in [-0.15, -0.1) is 0 Å². The van der Waals surface area contributed by atoms with Crippen molar-refractivity contribution >= 4 is 20.1 Å². The lowest BCUT2D eigenvalue weighted by molar-refractivity contribution is -0.144. The SMILES string of the molecule is CC(=O)/C=C/[C@@]12OC(=O)C[C@@H]1[C@@](C)(CCC=C(C)C)CC=C2CO[Si](C)(C)C(C)(C)C. The van der Waals surface area contributed by atoms with E-state index in [-0.39, 0.29) is 28.1 Å². The standard InChI is InChI=1S/C26H42O4Si/c1-19(2)11-10-14-25(7)15-13-21(18-29-31(8,9)24(4,5)6)26(16-12-20(3)27)22(25)17-23(28)30-26/h11-13,16,22H,10,14-15,17-18H2,1-9H3/b16-12+/t22-,25+,26+/m1/s1. The number of ether oxygens (including phenoxy) is 1. The minimum Gasteiger partial charge on any atom is -0.450 e. The van der Waals surface area contributed by atoms with Gasteiger partial charge in [0.05, 0.1) is 13.0 Å². The van der Waals surface area contributed by atoms with Crippen molar-refractivity contribution in [2.45, 2.75) is 97.9 Å². The van der Waals surface area contributed by atoms with Crippen molar-refractivity contribution in [3.8, 4) is 0 Å². The van der Waals surface area contributed by atoms with E-state index in [1.54, 1.807) is 6.08 Å². The van der Waals surface area contributed by atoms with Gasteiger partial charge in [0.1, 0.15) is 0 Å². The third kappa shape index (κ3) is 5.67. The molecular weight excluding hydrogens is 404 g/mol. The number of hydrogen-bond acceptors (Lipinski definition) is 4. The maximum atomic E-state index is 12.6. The zero-order valence-electron chi connectivity index (χ0n) is 21.1. The molecule has 0 radical (unpaired) electrons. The summed E-state index contributed by atoms with van der Waals surface area (Å²) in [5, 5.41) is 0.0925. The number of carbonyl (C=O) groups excluding carboxylic acids is 2. The Bertz CT molecular complexity index is 795. The Morgan fingerprint density at radius 1 is 1.29 bits per heavy atom. The predicted octanol–water partition coefficient (Wildman–Crippen LogP) is 6.54. The molecule has 0 saturated carbocycles. The van der Waals surface area contributed by atoms with E-state index in [1.807, 2.05) is 6.08 Å². The summed E-state index contributed by atoms with van der Waals surface area (Å²) >= 11 is 0. The smallest absolute Gasteiger partial charge is 0.307 e. The average molecular weight is 447 g/mol. The van der Waals surface area contributed by atoms with Gasteiger partial charge < -0.3 is 9.16 Å². The molecule has 174 valence electrons. The number of allylic oxidation sites excluding steroid dienone is 4. The molecule has 4 nitrogen and oxygen atoms in total. The van der Waals surface area contributed by atoms with E-state index in [2.05, 4.69) is 66.8 Å². The maximum Gasteiger partial charge on any atom is 0.307 e. The minimum absolute atomic E-state index is 0.00308. The summed E-state index contributed by atoms with van der Waals surface area (Å²) in [5.74, 6) is -0.235. The second-order valence-corrected chi connectivity index (χ2v) is 16.2.